The zero-order chi connectivity index (χ0) is 17.2. The van der Waals surface area contributed by atoms with Gasteiger partial charge in [-0.3, -0.25) is 0 Å². The van der Waals surface area contributed by atoms with Crippen LogP contribution in [0.2, 0.25) is 0 Å². The highest BCUT2D eigenvalue weighted by molar-refractivity contribution is 5.91. The molecular weight excluding hydrogens is 316 g/mol. The first-order valence-corrected chi connectivity index (χ1v) is 8.33. The van der Waals surface area contributed by atoms with Crippen LogP contribution in [0, 0.1) is 0 Å². The molecule has 0 bridgehead atoms. The molecule has 1 saturated heterocycles. The molecule has 0 saturated carbocycles. The van der Waals surface area contributed by atoms with Crippen LogP contribution in [-0.2, 0) is 0 Å². The smallest absolute Gasteiger partial charge is 0.335 e. The molecule has 0 radical (unpaired) electrons. The van der Waals surface area contributed by atoms with Gasteiger partial charge in [-0.25, -0.2) is 9.78 Å². The average molecular weight is 334 g/mol. The van der Waals surface area contributed by atoms with Gasteiger partial charge in [-0.2, -0.15) is 4.98 Å². The minimum absolute atomic E-state index is 0.253. The highest BCUT2D eigenvalue weighted by Crippen LogP contribution is 2.28. The van der Waals surface area contributed by atoms with Crippen LogP contribution in [0.25, 0.3) is 10.9 Å². The fourth-order valence-electron chi connectivity index (χ4n) is 3.11. The topological polar surface area (TPSA) is 78.3 Å². The van der Waals surface area contributed by atoms with E-state index in [1.54, 1.807) is 24.3 Å². The summed E-state index contributed by atoms with van der Waals surface area (Å²) in [5.41, 5.74) is 1.90. The maximum Gasteiger partial charge on any atom is 0.335 e. The summed E-state index contributed by atoms with van der Waals surface area (Å²) in [4.78, 5) is 22.6. The summed E-state index contributed by atoms with van der Waals surface area (Å²) in [6.45, 7) is 2.02. The van der Waals surface area contributed by atoms with Crippen LogP contribution in [0.3, 0.4) is 0 Å². The molecule has 1 fully saturated rings. The molecule has 4 rings (SSSR count). The van der Waals surface area contributed by atoms with Gasteiger partial charge in [0.15, 0.2) is 0 Å². The second kappa shape index (κ2) is 6.39. The minimum atomic E-state index is -0.940. The number of fused-ring (bicyclic) bond motifs is 1. The Morgan fingerprint density at radius 2 is 1.72 bits per heavy atom. The van der Waals surface area contributed by atoms with Crippen molar-refractivity contribution in [1.82, 2.24) is 9.97 Å². The number of nitrogens with one attached hydrogen (secondary N) is 1. The first-order chi connectivity index (χ1) is 12.2. The summed E-state index contributed by atoms with van der Waals surface area (Å²) >= 11 is 0. The maximum absolute atomic E-state index is 11.0. The van der Waals surface area contributed by atoms with Crippen LogP contribution in [0.5, 0.6) is 0 Å². The number of rotatable bonds is 4. The molecule has 126 valence electrons. The Hall–Kier alpha value is -3.15. The standard InChI is InChI=1S/C19H18N4O2/c24-18(25)13-7-9-14(10-8-13)20-19-21-16-6-2-1-5-15(16)17(22-19)23-11-3-4-12-23/h1-2,5-10H,3-4,11-12H2,(H,24,25)(H,20,21,22). The van der Waals surface area contributed by atoms with E-state index in [9.17, 15) is 4.79 Å². The molecule has 25 heavy (non-hydrogen) atoms. The van der Waals surface area contributed by atoms with Gasteiger partial charge in [0.1, 0.15) is 5.82 Å². The van der Waals surface area contributed by atoms with Gasteiger partial charge in [0, 0.05) is 24.2 Å². The molecule has 0 unspecified atom stereocenters. The monoisotopic (exact) mass is 334 g/mol. The van der Waals surface area contributed by atoms with Gasteiger partial charge in [0.05, 0.1) is 11.1 Å². The van der Waals surface area contributed by atoms with Gasteiger partial charge in [0.2, 0.25) is 5.95 Å². The van der Waals surface area contributed by atoms with Gasteiger partial charge in [-0.05, 0) is 49.2 Å². The quantitative estimate of drug-likeness (QED) is 0.758. The highest BCUT2D eigenvalue weighted by atomic mass is 16.4. The van der Waals surface area contributed by atoms with Crippen molar-refractivity contribution in [1.29, 1.82) is 0 Å². The Kier molecular flexibility index (Phi) is 3.93. The molecule has 2 aromatic carbocycles. The molecular formula is C19H18N4O2. The third-order valence-electron chi connectivity index (χ3n) is 4.38. The van der Waals surface area contributed by atoms with Crippen molar-refractivity contribution in [2.75, 3.05) is 23.3 Å². The second-order valence-electron chi connectivity index (χ2n) is 6.09. The lowest BCUT2D eigenvalue weighted by atomic mass is 10.2. The fourth-order valence-corrected chi connectivity index (χ4v) is 3.11. The van der Waals surface area contributed by atoms with Crippen molar-refractivity contribution < 1.29 is 9.90 Å². The molecule has 6 heteroatoms. The Balaban J connectivity index is 1.70. The molecule has 0 aliphatic carbocycles. The van der Waals surface area contributed by atoms with Crippen LogP contribution < -0.4 is 10.2 Å². The van der Waals surface area contributed by atoms with E-state index in [1.165, 1.54) is 12.8 Å². The summed E-state index contributed by atoms with van der Waals surface area (Å²) in [5, 5.41) is 13.2. The van der Waals surface area contributed by atoms with E-state index in [0.717, 1.165) is 35.5 Å². The number of carbonyl (C=O) groups is 1. The molecule has 3 aromatic rings. The summed E-state index contributed by atoms with van der Waals surface area (Å²) in [7, 11) is 0. The predicted molar refractivity (Wildman–Crippen MR) is 97.7 cm³/mol. The van der Waals surface area contributed by atoms with E-state index in [0.29, 0.717) is 5.95 Å². The van der Waals surface area contributed by atoms with Crippen molar-refractivity contribution in [3.8, 4) is 0 Å². The first-order valence-electron chi connectivity index (χ1n) is 8.33. The van der Waals surface area contributed by atoms with Crippen LogP contribution in [0.15, 0.2) is 48.5 Å². The predicted octanol–water partition coefficient (Wildman–Crippen LogP) is 3.67. The van der Waals surface area contributed by atoms with Crippen LogP contribution >= 0.6 is 0 Å². The number of benzene rings is 2. The molecule has 2 N–H and O–H groups in total. The lowest BCUT2D eigenvalue weighted by molar-refractivity contribution is 0.0697. The fraction of sp³-hybridized carbons (Fsp3) is 0.211. The number of para-hydroxylation sites is 1. The van der Waals surface area contributed by atoms with E-state index < -0.39 is 5.97 Å². The Bertz CT molecular complexity index is 918. The number of anilines is 3. The van der Waals surface area contributed by atoms with Crippen molar-refractivity contribution in [2.45, 2.75) is 12.8 Å². The summed E-state index contributed by atoms with van der Waals surface area (Å²) < 4.78 is 0. The SMILES string of the molecule is O=C(O)c1ccc(Nc2nc(N3CCCC3)c3ccccc3n2)cc1. The molecule has 1 aliphatic rings. The van der Waals surface area contributed by atoms with Gasteiger partial charge in [-0.15, -0.1) is 0 Å². The Morgan fingerprint density at radius 3 is 2.44 bits per heavy atom. The second-order valence-corrected chi connectivity index (χ2v) is 6.09. The van der Waals surface area contributed by atoms with E-state index in [4.69, 9.17) is 10.1 Å². The van der Waals surface area contributed by atoms with Crippen LogP contribution in [0.4, 0.5) is 17.5 Å². The number of aromatic nitrogens is 2. The Labute approximate surface area is 145 Å². The molecule has 1 aliphatic heterocycles. The molecule has 6 nitrogen and oxygen atoms in total. The van der Waals surface area contributed by atoms with E-state index in [2.05, 4.69) is 21.3 Å². The molecule has 0 amide bonds. The number of hydrogen-bond acceptors (Lipinski definition) is 5. The number of hydrogen-bond donors (Lipinski definition) is 2. The minimum Gasteiger partial charge on any atom is -0.478 e. The van der Waals surface area contributed by atoms with Crippen molar-refractivity contribution in [3.63, 3.8) is 0 Å². The summed E-state index contributed by atoms with van der Waals surface area (Å²) in [6.07, 6.45) is 2.36. The van der Waals surface area contributed by atoms with E-state index in [-0.39, 0.29) is 5.56 Å². The van der Waals surface area contributed by atoms with Crippen molar-refractivity contribution in [3.05, 3.63) is 54.1 Å². The maximum atomic E-state index is 11.0. The zero-order valence-corrected chi connectivity index (χ0v) is 13.6. The number of aromatic carboxylic acids is 1. The molecule has 2 heterocycles. The van der Waals surface area contributed by atoms with E-state index in [1.807, 2.05) is 18.2 Å². The highest BCUT2D eigenvalue weighted by Gasteiger charge is 2.18. The zero-order valence-electron chi connectivity index (χ0n) is 13.6. The molecule has 0 atom stereocenters. The molecule has 0 spiro atoms. The third-order valence-corrected chi connectivity index (χ3v) is 4.38. The summed E-state index contributed by atoms with van der Waals surface area (Å²) in [5.74, 6) is 0.529. The van der Waals surface area contributed by atoms with Crippen molar-refractivity contribution in [2.24, 2.45) is 0 Å². The average Bonchev–Trinajstić information content (AvgIpc) is 3.16. The van der Waals surface area contributed by atoms with E-state index >= 15 is 0 Å². The number of carboxylic acids is 1. The van der Waals surface area contributed by atoms with Gasteiger partial charge in [0.25, 0.3) is 0 Å². The molecule has 1 aromatic heterocycles. The lowest BCUT2D eigenvalue weighted by Gasteiger charge is -2.19. The number of nitrogens with zero attached hydrogens (tertiary/aromatic N) is 3. The van der Waals surface area contributed by atoms with Gasteiger partial charge < -0.3 is 15.3 Å². The lowest BCUT2D eigenvalue weighted by Crippen LogP contribution is -2.20. The van der Waals surface area contributed by atoms with Gasteiger partial charge in [-0.1, -0.05) is 12.1 Å². The number of carboxylic acid groups (broad SMARTS) is 1. The summed E-state index contributed by atoms with van der Waals surface area (Å²) in [6, 6.07) is 14.6. The van der Waals surface area contributed by atoms with Crippen molar-refractivity contribution >= 4 is 34.3 Å². The largest absolute Gasteiger partial charge is 0.478 e. The Morgan fingerprint density at radius 1 is 1.00 bits per heavy atom. The van der Waals surface area contributed by atoms with Crippen LogP contribution in [-0.4, -0.2) is 34.1 Å². The first kappa shape index (κ1) is 15.4. The van der Waals surface area contributed by atoms with Gasteiger partial charge >= 0.3 is 5.97 Å². The van der Waals surface area contributed by atoms with Crippen LogP contribution in [0.1, 0.15) is 23.2 Å². The third kappa shape index (κ3) is 3.10. The normalized spacial score (nSPS) is 14.0.